The Morgan fingerprint density at radius 1 is 1.27 bits per heavy atom. The van der Waals surface area contributed by atoms with Crippen LogP contribution in [0.2, 0.25) is 0 Å². The first-order valence-electron chi connectivity index (χ1n) is 8.68. The highest BCUT2D eigenvalue weighted by Crippen LogP contribution is 2.40. The molecule has 5 heteroatoms. The highest BCUT2D eigenvalue weighted by atomic mass is 16.5. The van der Waals surface area contributed by atoms with Crippen molar-refractivity contribution in [2.24, 2.45) is 10.4 Å². The van der Waals surface area contributed by atoms with Gasteiger partial charge in [0.1, 0.15) is 6.54 Å². The number of hydrogen-bond acceptors (Lipinski definition) is 3. The Hall–Kier alpha value is -1.52. The van der Waals surface area contributed by atoms with Gasteiger partial charge in [0.25, 0.3) is 0 Å². The Kier molecular flexibility index (Phi) is 6.28. The van der Waals surface area contributed by atoms with Gasteiger partial charge in [0, 0.05) is 19.2 Å². The molecule has 1 heterocycles. The molecular formula is C17H30N4O. The molecule has 0 bridgehead atoms. The SMILES string of the molecule is CCNC(=NCc1cc(CC)no1)NCC1(CC)CCCC1. The number of aliphatic imine (C=N–C) groups is 1. The summed E-state index contributed by atoms with van der Waals surface area (Å²) in [5.41, 5.74) is 1.44. The molecule has 5 nitrogen and oxygen atoms in total. The van der Waals surface area contributed by atoms with E-state index in [2.05, 4.69) is 41.6 Å². The number of hydrogen-bond donors (Lipinski definition) is 2. The third kappa shape index (κ3) is 4.49. The average Bonchev–Trinajstić information content (AvgIpc) is 3.19. The number of rotatable bonds is 7. The van der Waals surface area contributed by atoms with Gasteiger partial charge in [0.15, 0.2) is 11.7 Å². The maximum Gasteiger partial charge on any atom is 0.191 e. The van der Waals surface area contributed by atoms with Crippen LogP contribution in [0.1, 0.15) is 64.3 Å². The van der Waals surface area contributed by atoms with Crippen LogP contribution in [-0.4, -0.2) is 24.2 Å². The second-order valence-electron chi connectivity index (χ2n) is 6.25. The molecule has 1 aromatic rings. The lowest BCUT2D eigenvalue weighted by molar-refractivity contribution is 0.283. The molecule has 0 saturated heterocycles. The predicted octanol–water partition coefficient (Wildman–Crippen LogP) is 3.26. The molecule has 22 heavy (non-hydrogen) atoms. The van der Waals surface area contributed by atoms with Crippen molar-refractivity contribution in [2.45, 2.75) is 65.8 Å². The lowest BCUT2D eigenvalue weighted by Crippen LogP contribution is -2.42. The zero-order valence-electron chi connectivity index (χ0n) is 14.2. The summed E-state index contributed by atoms with van der Waals surface area (Å²) in [6, 6.07) is 1.98. The molecule has 0 aromatic carbocycles. The Morgan fingerprint density at radius 2 is 2.05 bits per heavy atom. The van der Waals surface area contributed by atoms with Crippen LogP contribution in [0.4, 0.5) is 0 Å². The summed E-state index contributed by atoms with van der Waals surface area (Å²) in [5.74, 6) is 1.69. The molecule has 0 amide bonds. The van der Waals surface area contributed by atoms with E-state index in [1.54, 1.807) is 0 Å². The molecule has 1 aromatic heterocycles. The van der Waals surface area contributed by atoms with E-state index in [0.717, 1.165) is 36.9 Å². The molecule has 124 valence electrons. The minimum atomic E-state index is 0.456. The van der Waals surface area contributed by atoms with Gasteiger partial charge in [-0.2, -0.15) is 0 Å². The van der Waals surface area contributed by atoms with Gasteiger partial charge in [-0.3, -0.25) is 0 Å². The van der Waals surface area contributed by atoms with Crippen LogP contribution < -0.4 is 10.6 Å². The van der Waals surface area contributed by atoms with E-state index in [1.807, 2.05) is 6.07 Å². The topological polar surface area (TPSA) is 62.5 Å². The Morgan fingerprint density at radius 3 is 2.64 bits per heavy atom. The fourth-order valence-electron chi connectivity index (χ4n) is 3.15. The van der Waals surface area contributed by atoms with Gasteiger partial charge in [-0.15, -0.1) is 0 Å². The molecule has 1 aliphatic rings. The molecule has 2 rings (SSSR count). The monoisotopic (exact) mass is 306 g/mol. The van der Waals surface area contributed by atoms with Crippen LogP contribution in [0.15, 0.2) is 15.6 Å². The highest BCUT2D eigenvalue weighted by molar-refractivity contribution is 5.79. The van der Waals surface area contributed by atoms with E-state index < -0.39 is 0 Å². The first kappa shape index (κ1) is 16.8. The number of nitrogens with one attached hydrogen (secondary N) is 2. The first-order valence-corrected chi connectivity index (χ1v) is 8.68. The summed E-state index contributed by atoms with van der Waals surface area (Å²) in [5, 5.41) is 10.8. The third-order valence-electron chi connectivity index (χ3n) is 4.75. The number of aryl methyl sites for hydroxylation is 1. The minimum absolute atomic E-state index is 0.456. The summed E-state index contributed by atoms with van der Waals surface area (Å²) in [6.45, 7) is 8.86. The van der Waals surface area contributed by atoms with E-state index in [1.165, 1.54) is 32.1 Å². The van der Waals surface area contributed by atoms with Gasteiger partial charge in [0.05, 0.1) is 5.69 Å². The smallest absolute Gasteiger partial charge is 0.191 e. The molecule has 2 N–H and O–H groups in total. The van der Waals surface area contributed by atoms with E-state index in [0.29, 0.717) is 12.0 Å². The Balaban J connectivity index is 1.92. The fraction of sp³-hybridized carbons (Fsp3) is 0.765. The fourth-order valence-corrected chi connectivity index (χ4v) is 3.15. The average molecular weight is 306 g/mol. The molecule has 1 fully saturated rings. The summed E-state index contributed by atoms with van der Waals surface area (Å²) in [4.78, 5) is 4.62. The van der Waals surface area contributed by atoms with Crippen LogP contribution in [-0.2, 0) is 13.0 Å². The van der Waals surface area contributed by atoms with Crippen molar-refractivity contribution in [2.75, 3.05) is 13.1 Å². The maximum atomic E-state index is 5.29. The lowest BCUT2D eigenvalue weighted by Gasteiger charge is -2.28. The predicted molar refractivity (Wildman–Crippen MR) is 89.9 cm³/mol. The zero-order valence-corrected chi connectivity index (χ0v) is 14.2. The van der Waals surface area contributed by atoms with Gasteiger partial charge < -0.3 is 15.2 Å². The normalized spacial score (nSPS) is 17.7. The number of guanidine groups is 1. The second kappa shape index (κ2) is 8.20. The van der Waals surface area contributed by atoms with E-state index >= 15 is 0 Å². The van der Waals surface area contributed by atoms with Crippen molar-refractivity contribution in [3.05, 3.63) is 17.5 Å². The largest absolute Gasteiger partial charge is 0.359 e. The van der Waals surface area contributed by atoms with Gasteiger partial charge in [-0.05, 0) is 38.0 Å². The molecule has 1 saturated carbocycles. The second-order valence-corrected chi connectivity index (χ2v) is 6.25. The van der Waals surface area contributed by atoms with Crippen LogP contribution in [0.5, 0.6) is 0 Å². The van der Waals surface area contributed by atoms with Crippen molar-refractivity contribution >= 4 is 5.96 Å². The minimum Gasteiger partial charge on any atom is -0.359 e. The molecule has 0 aliphatic heterocycles. The number of aromatic nitrogens is 1. The highest BCUT2D eigenvalue weighted by Gasteiger charge is 2.31. The van der Waals surface area contributed by atoms with E-state index in [9.17, 15) is 0 Å². The van der Waals surface area contributed by atoms with Gasteiger partial charge in [-0.25, -0.2) is 4.99 Å². The van der Waals surface area contributed by atoms with E-state index in [4.69, 9.17) is 4.52 Å². The first-order chi connectivity index (χ1) is 10.7. The van der Waals surface area contributed by atoms with Crippen molar-refractivity contribution in [3.8, 4) is 0 Å². The van der Waals surface area contributed by atoms with Crippen LogP contribution in [0.25, 0.3) is 0 Å². The maximum absolute atomic E-state index is 5.29. The van der Waals surface area contributed by atoms with Gasteiger partial charge in [-0.1, -0.05) is 31.8 Å². The van der Waals surface area contributed by atoms with Crippen LogP contribution in [0.3, 0.4) is 0 Å². The van der Waals surface area contributed by atoms with Crippen molar-refractivity contribution in [1.29, 1.82) is 0 Å². The summed E-state index contributed by atoms with van der Waals surface area (Å²) >= 11 is 0. The molecule has 0 unspecified atom stereocenters. The van der Waals surface area contributed by atoms with Gasteiger partial charge in [0.2, 0.25) is 0 Å². The lowest BCUT2D eigenvalue weighted by atomic mass is 9.83. The summed E-state index contributed by atoms with van der Waals surface area (Å²) in [7, 11) is 0. The molecule has 0 atom stereocenters. The standard InChI is InChI=1S/C17H30N4O/c1-4-14-11-15(22-21-14)12-19-16(18-6-3)20-13-17(5-2)9-7-8-10-17/h11H,4-10,12-13H2,1-3H3,(H2,18,19,20). The quantitative estimate of drug-likeness (QED) is 0.599. The molecule has 0 spiro atoms. The van der Waals surface area contributed by atoms with Crippen molar-refractivity contribution < 1.29 is 4.52 Å². The van der Waals surface area contributed by atoms with Crippen LogP contribution in [0, 0.1) is 5.41 Å². The van der Waals surface area contributed by atoms with Gasteiger partial charge >= 0.3 is 0 Å². The third-order valence-corrected chi connectivity index (χ3v) is 4.75. The summed E-state index contributed by atoms with van der Waals surface area (Å²) in [6.07, 6.45) is 7.52. The van der Waals surface area contributed by atoms with Crippen molar-refractivity contribution in [1.82, 2.24) is 15.8 Å². The molecule has 0 radical (unpaired) electrons. The van der Waals surface area contributed by atoms with E-state index in [-0.39, 0.29) is 0 Å². The van der Waals surface area contributed by atoms with Crippen LogP contribution >= 0.6 is 0 Å². The zero-order chi connectivity index (χ0) is 15.8. The van der Waals surface area contributed by atoms with Crippen molar-refractivity contribution in [3.63, 3.8) is 0 Å². The Labute approximate surface area is 133 Å². The molecule has 1 aliphatic carbocycles. The number of nitrogens with zero attached hydrogens (tertiary/aromatic N) is 2. The summed E-state index contributed by atoms with van der Waals surface area (Å²) < 4.78 is 5.29. The Bertz CT molecular complexity index is 475. The molecular weight excluding hydrogens is 276 g/mol.